The number of aromatic nitrogens is 2. The van der Waals surface area contributed by atoms with Crippen LogP contribution >= 0.6 is 39.9 Å². The summed E-state index contributed by atoms with van der Waals surface area (Å²) in [6.45, 7) is 0.499. The molecule has 0 aliphatic carbocycles. The summed E-state index contributed by atoms with van der Waals surface area (Å²) in [5.41, 5.74) is 2.31. The van der Waals surface area contributed by atoms with Crippen molar-refractivity contribution in [3.05, 3.63) is 51.7 Å². The van der Waals surface area contributed by atoms with Gasteiger partial charge in [-0.1, -0.05) is 36.5 Å². The fourth-order valence-electron chi connectivity index (χ4n) is 2.79. The number of aliphatic carboxylic acids is 1. The average Bonchev–Trinajstić information content (AvgIpc) is 2.95. The van der Waals surface area contributed by atoms with E-state index in [2.05, 4.69) is 25.9 Å². The number of unbranched alkanes of at least 4 members (excludes halogenated alkanes) is 2. The highest BCUT2D eigenvalue weighted by Gasteiger charge is 2.31. The first-order valence-corrected chi connectivity index (χ1v) is 11.0. The lowest BCUT2D eigenvalue weighted by Gasteiger charge is -2.13. The molecule has 0 unspecified atom stereocenters. The molecule has 0 bridgehead atoms. The van der Waals surface area contributed by atoms with Gasteiger partial charge in [-0.15, -0.1) is 0 Å². The van der Waals surface area contributed by atoms with Crippen molar-refractivity contribution in [3.8, 4) is 11.3 Å². The summed E-state index contributed by atoms with van der Waals surface area (Å²) in [6.07, 6.45) is 7.40. The maximum absolute atomic E-state index is 12.7. The third kappa shape index (κ3) is 5.94. The second-order valence-corrected chi connectivity index (χ2v) is 8.97. The fraction of sp³-hybridized carbons (Fsp3) is 0.250. The minimum absolute atomic E-state index is 0.130. The number of carboxylic acids is 1. The fourth-order valence-corrected chi connectivity index (χ4v) is 4.45. The molecule has 0 aromatic carbocycles. The number of amides is 1. The van der Waals surface area contributed by atoms with Gasteiger partial charge in [0.05, 0.1) is 16.3 Å². The van der Waals surface area contributed by atoms with Crippen LogP contribution in [0.25, 0.3) is 17.3 Å². The Balaban J connectivity index is 1.68. The Morgan fingerprint density at radius 3 is 2.86 bits per heavy atom. The Bertz CT molecular complexity index is 981. The lowest BCUT2D eigenvalue weighted by atomic mass is 10.2. The first-order chi connectivity index (χ1) is 13.9. The number of nitrogens with zero attached hydrogens (tertiary/aromatic N) is 3. The van der Waals surface area contributed by atoms with E-state index in [-0.39, 0.29) is 12.3 Å². The lowest BCUT2D eigenvalue weighted by molar-refractivity contribution is -0.137. The predicted molar refractivity (Wildman–Crippen MR) is 121 cm³/mol. The van der Waals surface area contributed by atoms with Crippen molar-refractivity contribution in [1.29, 1.82) is 0 Å². The van der Waals surface area contributed by atoms with Gasteiger partial charge in [0.25, 0.3) is 5.91 Å². The summed E-state index contributed by atoms with van der Waals surface area (Å²) in [5, 5.41) is 8.68. The van der Waals surface area contributed by atoms with E-state index in [0.29, 0.717) is 27.9 Å². The summed E-state index contributed by atoms with van der Waals surface area (Å²) in [7, 11) is 0. The van der Waals surface area contributed by atoms with Crippen LogP contribution in [0, 0.1) is 0 Å². The molecular weight excluding hydrogens is 474 g/mol. The number of hydrogen-bond acceptors (Lipinski definition) is 6. The second kappa shape index (κ2) is 10.1. The van der Waals surface area contributed by atoms with Gasteiger partial charge >= 0.3 is 5.97 Å². The van der Waals surface area contributed by atoms with Crippen molar-refractivity contribution < 1.29 is 14.7 Å². The zero-order chi connectivity index (χ0) is 20.8. The van der Waals surface area contributed by atoms with Crippen molar-refractivity contribution in [2.24, 2.45) is 0 Å². The zero-order valence-electron chi connectivity index (χ0n) is 15.4. The molecule has 6 nitrogen and oxygen atoms in total. The first-order valence-electron chi connectivity index (χ1n) is 8.99. The number of halogens is 1. The topological polar surface area (TPSA) is 83.4 Å². The van der Waals surface area contributed by atoms with Gasteiger partial charge in [-0.3, -0.25) is 19.5 Å². The van der Waals surface area contributed by atoms with Gasteiger partial charge in [0.1, 0.15) is 4.32 Å². The van der Waals surface area contributed by atoms with E-state index in [1.54, 1.807) is 23.4 Å². The highest BCUT2D eigenvalue weighted by Crippen LogP contribution is 2.33. The van der Waals surface area contributed by atoms with Crippen LogP contribution in [-0.2, 0) is 9.59 Å². The Morgan fingerprint density at radius 1 is 1.28 bits per heavy atom. The Labute approximate surface area is 186 Å². The number of thiocarbonyl (C=S) groups is 1. The Kier molecular flexibility index (Phi) is 7.51. The Hall–Kier alpha value is -2.10. The molecule has 2 aromatic rings. The third-order valence-corrected chi connectivity index (χ3v) is 6.01. The number of rotatable bonds is 8. The first kappa shape index (κ1) is 21.6. The molecule has 0 atom stereocenters. The summed E-state index contributed by atoms with van der Waals surface area (Å²) in [4.78, 5) is 34.2. The Morgan fingerprint density at radius 2 is 2.10 bits per heavy atom. The predicted octanol–water partition coefficient (Wildman–Crippen LogP) is 4.75. The van der Waals surface area contributed by atoms with Crippen LogP contribution in [0.5, 0.6) is 0 Å². The number of carbonyl (C=O) groups excluding carboxylic acids is 1. The summed E-state index contributed by atoms with van der Waals surface area (Å²) < 4.78 is 1.39. The molecule has 150 valence electrons. The smallest absolute Gasteiger partial charge is 0.303 e. The molecule has 3 heterocycles. The molecule has 1 aliphatic heterocycles. The standard InChI is InChI=1S/C20H18BrN3O3S2/c21-14-9-13(11-22-12-14)16-6-4-5-15(23-16)10-17-19(27)24(20(28)29-17)8-3-1-2-7-18(25)26/h4-6,9-12H,1-3,7-8H2,(H,25,26). The van der Waals surface area contributed by atoms with Crippen molar-refractivity contribution >= 4 is 62.2 Å². The van der Waals surface area contributed by atoms with Crippen molar-refractivity contribution in [1.82, 2.24) is 14.9 Å². The van der Waals surface area contributed by atoms with Gasteiger partial charge in [0.2, 0.25) is 0 Å². The van der Waals surface area contributed by atoms with Crippen LogP contribution in [0.3, 0.4) is 0 Å². The molecule has 0 spiro atoms. The normalized spacial score (nSPS) is 15.3. The maximum atomic E-state index is 12.7. The van der Waals surface area contributed by atoms with Crippen LogP contribution in [0.4, 0.5) is 0 Å². The van der Waals surface area contributed by atoms with E-state index >= 15 is 0 Å². The molecule has 1 saturated heterocycles. The van der Waals surface area contributed by atoms with E-state index in [9.17, 15) is 9.59 Å². The van der Waals surface area contributed by atoms with E-state index < -0.39 is 5.97 Å². The van der Waals surface area contributed by atoms with E-state index in [0.717, 1.165) is 28.6 Å². The van der Waals surface area contributed by atoms with Gasteiger partial charge in [-0.2, -0.15) is 0 Å². The molecule has 1 aliphatic rings. The van der Waals surface area contributed by atoms with Crippen molar-refractivity contribution in [2.45, 2.75) is 25.7 Å². The lowest BCUT2D eigenvalue weighted by Crippen LogP contribution is -2.29. The summed E-state index contributed by atoms with van der Waals surface area (Å²) in [6, 6.07) is 7.55. The van der Waals surface area contributed by atoms with Gasteiger partial charge in [-0.05, 0) is 53.0 Å². The molecule has 29 heavy (non-hydrogen) atoms. The average molecular weight is 492 g/mol. The summed E-state index contributed by atoms with van der Waals surface area (Å²) >= 11 is 10.0. The molecular formula is C20H18BrN3O3S2. The van der Waals surface area contributed by atoms with Crippen LogP contribution < -0.4 is 0 Å². The number of carbonyl (C=O) groups is 2. The quantitative estimate of drug-likeness (QED) is 0.323. The van der Waals surface area contributed by atoms with Gasteiger partial charge in [0.15, 0.2) is 0 Å². The number of carboxylic acid groups (broad SMARTS) is 1. The zero-order valence-corrected chi connectivity index (χ0v) is 18.6. The van der Waals surface area contributed by atoms with Crippen molar-refractivity contribution in [3.63, 3.8) is 0 Å². The third-order valence-electron chi connectivity index (χ3n) is 4.20. The second-order valence-electron chi connectivity index (χ2n) is 6.38. The van der Waals surface area contributed by atoms with Crippen LogP contribution in [0.15, 0.2) is 46.0 Å². The van der Waals surface area contributed by atoms with E-state index in [4.69, 9.17) is 17.3 Å². The molecule has 1 N–H and O–H groups in total. The summed E-state index contributed by atoms with van der Waals surface area (Å²) in [5.74, 6) is -0.929. The van der Waals surface area contributed by atoms with Gasteiger partial charge in [0, 0.05) is 35.4 Å². The number of hydrogen-bond donors (Lipinski definition) is 1. The maximum Gasteiger partial charge on any atom is 0.303 e. The molecule has 1 fully saturated rings. The van der Waals surface area contributed by atoms with Crippen LogP contribution in [0.2, 0.25) is 0 Å². The molecule has 1 amide bonds. The monoisotopic (exact) mass is 491 g/mol. The van der Waals surface area contributed by atoms with Crippen LogP contribution in [-0.4, -0.2) is 42.7 Å². The number of thioether (sulfide) groups is 1. The van der Waals surface area contributed by atoms with E-state index in [1.165, 1.54) is 11.8 Å². The minimum atomic E-state index is -0.799. The van der Waals surface area contributed by atoms with Crippen LogP contribution in [0.1, 0.15) is 31.4 Å². The van der Waals surface area contributed by atoms with Gasteiger partial charge in [-0.25, -0.2) is 4.98 Å². The highest BCUT2D eigenvalue weighted by molar-refractivity contribution is 9.10. The molecule has 0 saturated carbocycles. The molecule has 0 radical (unpaired) electrons. The number of pyridine rings is 2. The molecule has 3 rings (SSSR count). The largest absolute Gasteiger partial charge is 0.481 e. The van der Waals surface area contributed by atoms with Crippen molar-refractivity contribution in [2.75, 3.05) is 6.54 Å². The molecule has 9 heteroatoms. The molecule has 2 aromatic heterocycles. The van der Waals surface area contributed by atoms with E-state index in [1.807, 2.05) is 24.3 Å². The SMILES string of the molecule is O=C(O)CCCCCN1C(=O)C(=Cc2cccc(-c3cncc(Br)c3)n2)SC1=S. The van der Waals surface area contributed by atoms with Gasteiger partial charge < -0.3 is 5.11 Å². The highest BCUT2D eigenvalue weighted by atomic mass is 79.9. The minimum Gasteiger partial charge on any atom is -0.481 e.